The van der Waals surface area contributed by atoms with Gasteiger partial charge in [-0.3, -0.25) is 4.79 Å². The van der Waals surface area contributed by atoms with E-state index in [4.69, 9.17) is 0 Å². The molecule has 4 heteroatoms. The van der Waals surface area contributed by atoms with Crippen molar-refractivity contribution in [3.63, 3.8) is 0 Å². The molecule has 1 aromatic rings. The molecule has 2 atom stereocenters. The van der Waals surface area contributed by atoms with Crippen molar-refractivity contribution < 1.29 is 0 Å². The molecule has 82 valence electrons. The molecule has 1 saturated carbocycles. The SMILES string of the molecule is CCCc1nc(C2CC2C)[nH]c(=O)c1I. The Labute approximate surface area is 103 Å². The first kappa shape index (κ1) is 11.1. The molecular formula is C11H15IN2O. The molecule has 3 nitrogen and oxygen atoms in total. The predicted molar refractivity (Wildman–Crippen MR) is 68.1 cm³/mol. The summed E-state index contributed by atoms with van der Waals surface area (Å²) < 4.78 is 0.756. The summed E-state index contributed by atoms with van der Waals surface area (Å²) in [5.41, 5.74) is 0.999. The molecule has 0 bridgehead atoms. The molecule has 0 spiro atoms. The van der Waals surface area contributed by atoms with Crippen LogP contribution in [0.4, 0.5) is 0 Å². The van der Waals surface area contributed by atoms with Crippen LogP contribution in [0.25, 0.3) is 0 Å². The van der Waals surface area contributed by atoms with Gasteiger partial charge in [-0.2, -0.15) is 0 Å². The summed E-state index contributed by atoms with van der Waals surface area (Å²) in [5, 5.41) is 0. The highest BCUT2D eigenvalue weighted by Gasteiger charge is 2.36. The van der Waals surface area contributed by atoms with E-state index in [1.54, 1.807) is 0 Å². The number of H-pyrrole nitrogens is 1. The van der Waals surface area contributed by atoms with Gasteiger partial charge in [-0.25, -0.2) is 4.98 Å². The Morgan fingerprint density at radius 2 is 2.27 bits per heavy atom. The van der Waals surface area contributed by atoms with Crippen LogP contribution in [0.2, 0.25) is 0 Å². The molecule has 15 heavy (non-hydrogen) atoms. The Bertz CT molecular complexity index is 427. The molecule has 1 heterocycles. The molecule has 0 radical (unpaired) electrons. The zero-order chi connectivity index (χ0) is 11.0. The maximum Gasteiger partial charge on any atom is 0.264 e. The van der Waals surface area contributed by atoms with Crippen molar-refractivity contribution in [1.82, 2.24) is 9.97 Å². The second kappa shape index (κ2) is 4.23. The highest BCUT2D eigenvalue weighted by Crippen LogP contribution is 2.45. The Morgan fingerprint density at radius 1 is 1.60 bits per heavy atom. The van der Waals surface area contributed by atoms with Crippen molar-refractivity contribution in [3.8, 4) is 0 Å². The summed E-state index contributed by atoms with van der Waals surface area (Å²) in [6, 6.07) is 0. The van der Waals surface area contributed by atoms with Gasteiger partial charge in [0.1, 0.15) is 5.82 Å². The molecular weight excluding hydrogens is 303 g/mol. The molecule has 1 aliphatic rings. The highest BCUT2D eigenvalue weighted by molar-refractivity contribution is 14.1. The average molecular weight is 318 g/mol. The second-order valence-corrected chi connectivity index (χ2v) is 5.36. The second-order valence-electron chi connectivity index (χ2n) is 4.28. The summed E-state index contributed by atoms with van der Waals surface area (Å²) in [6.45, 7) is 4.31. The van der Waals surface area contributed by atoms with Crippen LogP contribution < -0.4 is 5.56 Å². The molecule has 0 aliphatic heterocycles. The van der Waals surface area contributed by atoms with E-state index in [0.29, 0.717) is 11.8 Å². The first-order valence-electron chi connectivity index (χ1n) is 5.42. The quantitative estimate of drug-likeness (QED) is 0.870. The van der Waals surface area contributed by atoms with Gasteiger partial charge >= 0.3 is 0 Å². The maximum atomic E-state index is 11.7. The summed E-state index contributed by atoms with van der Waals surface area (Å²) in [7, 11) is 0. The first-order chi connectivity index (χ1) is 7.13. The minimum absolute atomic E-state index is 0.0307. The molecule has 0 saturated heterocycles. The predicted octanol–water partition coefficient (Wildman–Crippen LogP) is 2.45. The van der Waals surface area contributed by atoms with Crippen molar-refractivity contribution in [2.24, 2.45) is 5.92 Å². The highest BCUT2D eigenvalue weighted by atomic mass is 127. The lowest BCUT2D eigenvalue weighted by Crippen LogP contribution is -2.18. The van der Waals surface area contributed by atoms with Gasteiger partial charge in [0, 0.05) is 5.92 Å². The number of nitrogens with one attached hydrogen (secondary N) is 1. The molecule has 1 fully saturated rings. The van der Waals surface area contributed by atoms with Crippen LogP contribution in [0, 0.1) is 9.49 Å². The van der Waals surface area contributed by atoms with E-state index in [2.05, 4.69) is 46.4 Å². The van der Waals surface area contributed by atoms with Crippen LogP contribution in [0.15, 0.2) is 4.79 Å². The van der Waals surface area contributed by atoms with Crippen LogP contribution >= 0.6 is 22.6 Å². The zero-order valence-corrected chi connectivity index (χ0v) is 11.2. The van der Waals surface area contributed by atoms with Crippen molar-refractivity contribution in [2.45, 2.75) is 39.0 Å². The maximum absolute atomic E-state index is 11.7. The number of hydrogen-bond acceptors (Lipinski definition) is 2. The summed E-state index contributed by atoms with van der Waals surface area (Å²) in [6.07, 6.45) is 3.09. The molecule has 2 unspecified atom stereocenters. The minimum Gasteiger partial charge on any atom is -0.309 e. The standard InChI is InChI=1S/C11H15IN2O/c1-3-4-8-9(12)11(15)14-10(13-8)7-5-6(7)2/h6-7H,3-5H2,1-2H3,(H,13,14,15). The zero-order valence-electron chi connectivity index (χ0n) is 9.01. The number of aryl methyl sites for hydroxylation is 1. The molecule has 1 aromatic heterocycles. The van der Waals surface area contributed by atoms with Crippen molar-refractivity contribution in [1.29, 1.82) is 0 Å². The Hall–Kier alpha value is -0.390. The third-order valence-corrected chi connectivity index (χ3v) is 4.01. The van der Waals surface area contributed by atoms with Gasteiger partial charge in [0.25, 0.3) is 5.56 Å². The lowest BCUT2D eigenvalue weighted by atomic mass is 10.2. The molecule has 0 aromatic carbocycles. The molecule has 2 rings (SSSR count). The fourth-order valence-electron chi connectivity index (χ4n) is 1.81. The Morgan fingerprint density at radius 3 is 2.80 bits per heavy atom. The van der Waals surface area contributed by atoms with Gasteiger partial charge in [0.2, 0.25) is 0 Å². The van der Waals surface area contributed by atoms with E-state index >= 15 is 0 Å². The monoisotopic (exact) mass is 318 g/mol. The fraction of sp³-hybridized carbons (Fsp3) is 0.636. The first-order valence-corrected chi connectivity index (χ1v) is 6.50. The van der Waals surface area contributed by atoms with Crippen LogP contribution in [0.5, 0.6) is 0 Å². The van der Waals surface area contributed by atoms with Gasteiger partial charge in [-0.05, 0) is 41.4 Å². The van der Waals surface area contributed by atoms with E-state index in [1.165, 1.54) is 0 Å². The third kappa shape index (κ3) is 2.24. The number of nitrogens with zero attached hydrogens (tertiary/aromatic N) is 1. The van der Waals surface area contributed by atoms with Crippen LogP contribution in [-0.4, -0.2) is 9.97 Å². The molecule has 0 amide bonds. The van der Waals surface area contributed by atoms with Gasteiger partial charge in [-0.1, -0.05) is 20.3 Å². The van der Waals surface area contributed by atoms with E-state index in [0.717, 1.165) is 34.4 Å². The van der Waals surface area contributed by atoms with Gasteiger partial charge in [0.05, 0.1) is 9.26 Å². The van der Waals surface area contributed by atoms with Crippen LogP contribution in [-0.2, 0) is 6.42 Å². The third-order valence-electron chi connectivity index (χ3n) is 2.90. The van der Waals surface area contributed by atoms with Gasteiger partial charge in [0.15, 0.2) is 0 Å². The van der Waals surface area contributed by atoms with Crippen LogP contribution in [0.3, 0.4) is 0 Å². The Balaban J connectivity index is 2.37. The lowest BCUT2D eigenvalue weighted by molar-refractivity contribution is 0.782. The lowest BCUT2D eigenvalue weighted by Gasteiger charge is -2.04. The number of hydrogen-bond donors (Lipinski definition) is 1. The number of aromatic nitrogens is 2. The largest absolute Gasteiger partial charge is 0.309 e. The van der Waals surface area contributed by atoms with E-state index in [-0.39, 0.29) is 5.56 Å². The van der Waals surface area contributed by atoms with E-state index < -0.39 is 0 Å². The van der Waals surface area contributed by atoms with E-state index in [1.807, 2.05) is 0 Å². The van der Waals surface area contributed by atoms with Gasteiger partial charge in [-0.15, -0.1) is 0 Å². The van der Waals surface area contributed by atoms with Crippen LogP contribution in [0.1, 0.15) is 44.1 Å². The topological polar surface area (TPSA) is 45.8 Å². The van der Waals surface area contributed by atoms with Crippen molar-refractivity contribution in [3.05, 3.63) is 25.4 Å². The smallest absolute Gasteiger partial charge is 0.264 e. The average Bonchev–Trinajstić information content (AvgIpc) is 2.91. The molecule has 1 N–H and O–H groups in total. The number of halogens is 1. The van der Waals surface area contributed by atoms with Crippen molar-refractivity contribution >= 4 is 22.6 Å². The minimum atomic E-state index is 0.0307. The normalized spacial score (nSPS) is 24.2. The van der Waals surface area contributed by atoms with Crippen molar-refractivity contribution in [2.75, 3.05) is 0 Å². The number of rotatable bonds is 3. The summed E-state index contributed by atoms with van der Waals surface area (Å²) >= 11 is 2.09. The number of aromatic amines is 1. The fourth-order valence-corrected chi connectivity index (χ4v) is 2.33. The van der Waals surface area contributed by atoms with E-state index in [9.17, 15) is 4.79 Å². The summed E-state index contributed by atoms with van der Waals surface area (Å²) in [5.74, 6) is 2.07. The summed E-state index contributed by atoms with van der Waals surface area (Å²) in [4.78, 5) is 19.1. The Kier molecular flexibility index (Phi) is 3.13. The molecule has 1 aliphatic carbocycles. The van der Waals surface area contributed by atoms with Gasteiger partial charge < -0.3 is 4.98 Å².